The average Bonchev–Trinajstić information content (AvgIpc) is 3.18. The molecule has 2 fully saturated rings. The number of carbonyl (C=O) groups is 1. The fourth-order valence-corrected chi connectivity index (χ4v) is 5.45. The number of fused-ring (bicyclic) bond motifs is 1. The van der Waals surface area contributed by atoms with E-state index in [0.717, 1.165) is 41.8 Å². The van der Waals surface area contributed by atoms with E-state index < -0.39 is 0 Å². The molecule has 3 heterocycles. The Morgan fingerprint density at radius 1 is 1.24 bits per heavy atom. The maximum atomic E-state index is 13.2. The standard InChI is InChI=1S/C27H31N3O4/c1-17-10-20(18(2)29-22-7-4-3-6-19(22)14-31)26-21(11-17)23(32)12-25(34-26)30-9-5-8-27(16-30)13-24(33)28-15-27/h3-4,6-7,10-12,18,29,31H,5,8-9,13-16H2,1-2H3,(H,28,33). The van der Waals surface area contributed by atoms with Crippen LogP contribution in [0.4, 0.5) is 11.6 Å². The molecule has 3 aromatic rings. The summed E-state index contributed by atoms with van der Waals surface area (Å²) in [5.74, 6) is 0.659. The minimum atomic E-state index is -0.155. The van der Waals surface area contributed by atoms with Crippen molar-refractivity contribution in [3.63, 3.8) is 0 Å². The fourth-order valence-electron chi connectivity index (χ4n) is 5.45. The maximum absolute atomic E-state index is 13.2. The number of amides is 1. The van der Waals surface area contributed by atoms with Crippen LogP contribution < -0.4 is 21.0 Å². The number of aliphatic hydroxyl groups excluding tert-OH is 1. The topological polar surface area (TPSA) is 94.8 Å². The van der Waals surface area contributed by atoms with E-state index in [4.69, 9.17) is 4.42 Å². The van der Waals surface area contributed by atoms with Gasteiger partial charge in [-0.15, -0.1) is 0 Å². The van der Waals surface area contributed by atoms with Gasteiger partial charge >= 0.3 is 0 Å². The number of carbonyl (C=O) groups excluding carboxylic acids is 1. The second-order valence-electron chi connectivity index (χ2n) is 9.84. The Kier molecular flexibility index (Phi) is 5.81. The van der Waals surface area contributed by atoms with Crippen LogP contribution in [0.25, 0.3) is 11.0 Å². The number of anilines is 2. The van der Waals surface area contributed by atoms with Crippen LogP contribution in [0.5, 0.6) is 0 Å². The lowest BCUT2D eigenvalue weighted by Gasteiger charge is -2.39. The minimum absolute atomic E-state index is 0.0578. The van der Waals surface area contributed by atoms with E-state index >= 15 is 0 Å². The Morgan fingerprint density at radius 3 is 2.82 bits per heavy atom. The highest BCUT2D eigenvalue weighted by molar-refractivity contribution is 5.83. The second-order valence-corrected chi connectivity index (χ2v) is 9.84. The van der Waals surface area contributed by atoms with Crippen molar-refractivity contribution in [2.75, 3.05) is 29.9 Å². The van der Waals surface area contributed by atoms with Crippen molar-refractivity contribution in [2.45, 2.75) is 45.8 Å². The van der Waals surface area contributed by atoms with E-state index in [2.05, 4.69) is 15.5 Å². The predicted octanol–water partition coefficient (Wildman–Crippen LogP) is 3.87. The number of hydrogen-bond donors (Lipinski definition) is 3. The van der Waals surface area contributed by atoms with Crippen molar-refractivity contribution in [1.29, 1.82) is 0 Å². The van der Waals surface area contributed by atoms with Gasteiger partial charge in [-0.2, -0.15) is 0 Å². The number of benzene rings is 2. The van der Waals surface area contributed by atoms with Gasteiger partial charge < -0.3 is 25.1 Å². The molecule has 34 heavy (non-hydrogen) atoms. The van der Waals surface area contributed by atoms with Crippen LogP contribution in [0, 0.1) is 12.3 Å². The smallest absolute Gasteiger partial charge is 0.220 e. The highest BCUT2D eigenvalue weighted by atomic mass is 16.4. The van der Waals surface area contributed by atoms with Crippen LogP contribution >= 0.6 is 0 Å². The first-order valence-corrected chi connectivity index (χ1v) is 11.9. The van der Waals surface area contributed by atoms with Crippen LogP contribution in [0.1, 0.15) is 48.9 Å². The summed E-state index contributed by atoms with van der Waals surface area (Å²) in [6.45, 7) is 6.11. The van der Waals surface area contributed by atoms with E-state index in [1.165, 1.54) is 0 Å². The molecule has 0 bridgehead atoms. The maximum Gasteiger partial charge on any atom is 0.220 e. The third kappa shape index (κ3) is 4.16. The molecule has 1 aromatic heterocycles. The molecule has 1 spiro atoms. The Hall–Kier alpha value is -3.32. The summed E-state index contributed by atoms with van der Waals surface area (Å²) in [6.07, 6.45) is 2.47. The summed E-state index contributed by atoms with van der Waals surface area (Å²) in [4.78, 5) is 27.2. The van der Waals surface area contributed by atoms with Gasteiger partial charge in [-0.1, -0.05) is 24.3 Å². The fraction of sp³-hybridized carbons (Fsp3) is 0.407. The van der Waals surface area contributed by atoms with Crippen molar-refractivity contribution >= 4 is 28.4 Å². The lowest BCUT2D eigenvalue weighted by molar-refractivity contribution is -0.119. The molecule has 0 aliphatic carbocycles. The number of nitrogens with one attached hydrogen (secondary N) is 2. The number of para-hydroxylation sites is 1. The van der Waals surface area contributed by atoms with E-state index in [0.29, 0.717) is 36.4 Å². The van der Waals surface area contributed by atoms with E-state index in [-0.39, 0.29) is 29.4 Å². The molecule has 1 amide bonds. The van der Waals surface area contributed by atoms with Crippen LogP contribution in [-0.4, -0.2) is 30.6 Å². The van der Waals surface area contributed by atoms with E-state index in [1.807, 2.05) is 50.2 Å². The minimum Gasteiger partial charge on any atom is -0.440 e. The zero-order valence-electron chi connectivity index (χ0n) is 19.7. The molecular formula is C27H31N3O4. The normalized spacial score (nSPS) is 21.1. The molecule has 2 aromatic carbocycles. The van der Waals surface area contributed by atoms with Crippen LogP contribution in [-0.2, 0) is 11.4 Å². The van der Waals surface area contributed by atoms with E-state index in [1.54, 1.807) is 6.07 Å². The summed E-state index contributed by atoms with van der Waals surface area (Å²) in [5, 5.41) is 16.7. The molecule has 5 rings (SSSR count). The predicted molar refractivity (Wildman–Crippen MR) is 133 cm³/mol. The summed E-state index contributed by atoms with van der Waals surface area (Å²) >= 11 is 0. The molecule has 2 unspecified atom stereocenters. The van der Waals surface area contributed by atoms with Crippen molar-refractivity contribution in [1.82, 2.24) is 5.32 Å². The SMILES string of the molecule is Cc1cc(C(C)Nc2ccccc2CO)c2oc(N3CCCC4(CNC(=O)C4)C3)cc(=O)c2c1. The van der Waals surface area contributed by atoms with Gasteiger partial charge in [0.1, 0.15) is 5.58 Å². The van der Waals surface area contributed by atoms with Crippen LogP contribution in [0.2, 0.25) is 0 Å². The Balaban J connectivity index is 1.53. The van der Waals surface area contributed by atoms with Gasteiger partial charge in [0.2, 0.25) is 5.91 Å². The van der Waals surface area contributed by atoms with Gasteiger partial charge in [0.25, 0.3) is 0 Å². The third-order valence-corrected chi connectivity index (χ3v) is 7.18. The highest BCUT2D eigenvalue weighted by Crippen LogP contribution is 2.38. The second kappa shape index (κ2) is 8.80. The molecule has 2 saturated heterocycles. The molecule has 0 saturated carbocycles. The average molecular weight is 462 g/mol. The molecule has 7 heteroatoms. The molecule has 178 valence electrons. The first-order valence-electron chi connectivity index (χ1n) is 11.9. The molecular weight excluding hydrogens is 430 g/mol. The van der Waals surface area contributed by atoms with Crippen LogP contribution in [0.15, 0.2) is 51.7 Å². The largest absolute Gasteiger partial charge is 0.440 e. The molecule has 2 aliphatic rings. The van der Waals surface area contributed by atoms with Crippen molar-refractivity contribution in [3.05, 3.63) is 69.4 Å². The first kappa shape index (κ1) is 22.5. The Morgan fingerprint density at radius 2 is 2.06 bits per heavy atom. The van der Waals surface area contributed by atoms with Gasteiger partial charge in [-0.3, -0.25) is 9.59 Å². The van der Waals surface area contributed by atoms with Gasteiger partial charge in [0, 0.05) is 54.4 Å². The van der Waals surface area contributed by atoms with E-state index in [9.17, 15) is 14.7 Å². The number of rotatable bonds is 5. The Bertz CT molecular complexity index is 1300. The first-order chi connectivity index (χ1) is 16.4. The zero-order chi connectivity index (χ0) is 23.9. The van der Waals surface area contributed by atoms with Gasteiger partial charge in [0.05, 0.1) is 18.0 Å². The quantitative estimate of drug-likeness (QED) is 0.534. The summed E-state index contributed by atoms with van der Waals surface area (Å²) in [5.41, 5.74) is 3.96. The lowest BCUT2D eigenvalue weighted by Crippen LogP contribution is -2.44. The molecule has 2 aliphatic heterocycles. The number of piperidine rings is 1. The monoisotopic (exact) mass is 461 g/mol. The number of hydrogen-bond acceptors (Lipinski definition) is 6. The van der Waals surface area contributed by atoms with Gasteiger partial charge in [0.15, 0.2) is 11.3 Å². The molecule has 0 radical (unpaired) electrons. The molecule has 2 atom stereocenters. The zero-order valence-corrected chi connectivity index (χ0v) is 19.7. The highest BCUT2D eigenvalue weighted by Gasteiger charge is 2.42. The third-order valence-electron chi connectivity index (χ3n) is 7.18. The summed E-state index contributed by atoms with van der Waals surface area (Å²) < 4.78 is 6.44. The van der Waals surface area contributed by atoms with Crippen molar-refractivity contribution in [2.24, 2.45) is 5.41 Å². The summed E-state index contributed by atoms with van der Waals surface area (Å²) in [7, 11) is 0. The van der Waals surface area contributed by atoms with Gasteiger partial charge in [-0.05, 0) is 44.4 Å². The molecule has 7 nitrogen and oxygen atoms in total. The summed E-state index contributed by atoms with van der Waals surface area (Å²) in [6, 6.07) is 13.0. The van der Waals surface area contributed by atoms with Gasteiger partial charge in [-0.25, -0.2) is 0 Å². The van der Waals surface area contributed by atoms with Crippen LogP contribution in [0.3, 0.4) is 0 Å². The molecule has 3 N–H and O–H groups in total. The number of aliphatic hydroxyl groups is 1. The number of nitrogens with zero attached hydrogens (tertiary/aromatic N) is 1. The van der Waals surface area contributed by atoms with Crippen molar-refractivity contribution in [3.8, 4) is 0 Å². The lowest BCUT2D eigenvalue weighted by atomic mass is 9.79. The van der Waals surface area contributed by atoms with Crippen molar-refractivity contribution < 1.29 is 14.3 Å². The Labute approximate surface area is 198 Å². The number of aryl methyl sites for hydroxylation is 1.